The predicted molar refractivity (Wildman–Crippen MR) is 165 cm³/mol. The highest BCUT2D eigenvalue weighted by Crippen LogP contribution is 2.46. The zero-order valence-electron chi connectivity index (χ0n) is 24.3. The topological polar surface area (TPSA) is 98.2 Å². The molecule has 43 heavy (non-hydrogen) atoms. The van der Waals surface area contributed by atoms with Crippen molar-refractivity contribution in [1.29, 1.82) is 0 Å². The maximum atomic E-state index is 14.0. The van der Waals surface area contributed by atoms with Crippen molar-refractivity contribution in [2.24, 2.45) is 0 Å². The Morgan fingerprint density at radius 3 is 2.44 bits per heavy atom. The number of thiazole rings is 1. The van der Waals surface area contributed by atoms with Gasteiger partial charge in [0.2, 0.25) is 0 Å². The summed E-state index contributed by atoms with van der Waals surface area (Å²) in [5.41, 5.74) is 1.25. The van der Waals surface area contributed by atoms with E-state index >= 15 is 0 Å². The minimum absolute atomic E-state index is 0.0974. The van der Waals surface area contributed by atoms with Crippen molar-refractivity contribution >= 4 is 44.1 Å². The van der Waals surface area contributed by atoms with E-state index in [1.54, 1.807) is 42.5 Å². The molecule has 1 aliphatic rings. The molecule has 2 heterocycles. The van der Waals surface area contributed by atoms with E-state index in [1.807, 2.05) is 13.8 Å². The Balaban J connectivity index is 1.65. The number of ketones is 1. The fourth-order valence-corrected chi connectivity index (χ4v) is 5.84. The van der Waals surface area contributed by atoms with Crippen LogP contribution < -0.4 is 19.1 Å². The van der Waals surface area contributed by atoms with Crippen molar-refractivity contribution in [2.45, 2.75) is 46.1 Å². The number of hydrogen-bond donors (Lipinski definition) is 1. The maximum absolute atomic E-state index is 14.0. The first-order valence-corrected chi connectivity index (χ1v) is 15.2. The minimum atomic E-state index is -1.04. The van der Waals surface area contributed by atoms with Crippen LogP contribution in [-0.2, 0) is 9.59 Å². The third kappa shape index (κ3) is 6.19. The van der Waals surface area contributed by atoms with Gasteiger partial charge in [-0.15, -0.1) is 0 Å². The molecule has 224 valence electrons. The number of benzene rings is 3. The molecule has 4 aromatic rings. The van der Waals surface area contributed by atoms with Gasteiger partial charge in [-0.25, -0.2) is 9.37 Å². The van der Waals surface area contributed by atoms with E-state index < -0.39 is 23.5 Å². The minimum Gasteiger partial charge on any atom is -0.507 e. The Morgan fingerprint density at radius 1 is 0.930 bits per heavy atom. The van der Waals surface area contributed by atoms with Crippen LogP contribution in [0.5, 0.6) is 17.2 Å². The Bertz CT molecular complexity index is 1670. The number of carbonyl (C=O) groups excluding carboxylic acids is 2. The molecule has 1 amide bonds. The average Bonchev–Trinajstić information content (AvgIpc) is 3.54. The lowest BCUT2D eigenvalue weighted by atomic mass is 9.95. The Morgan fingerprint density at radius 2 is 1.72 bits per heavy atom. The van der Waals surface area contributed by atoms with Gasteiger partial charge in [0.1, 0.15) is 17.3 Å². The van der Waals surface area contributed by atoms with Crippen LogP contribution in [0, 0.1) is 5.82 Å². The summed E-state index contributed by atoms with van der Waals surface area (Å²) in [6.45, 7) is 7.34. The van der Waals surface area contributed by atoms with Crippen LogP contribution in [0.1, 0.15) is 57.2 Å². The molecular weight excluding hydrogens is 571 g/mol. The number of fused-ring (bicyclic) bond motifs is 1. The monoisotopic (exact) mass is 604 g/mol. The summed E-state index contributed by atoms with van der Waals surface area (Å²) in [4.78, 5) is 33.1. The fraction of sp³-hybridized carbons (Fsp3) is 0.303. The highest BCUT2D eigenvalue weighted by molar-refractivity contribution is 7.22. The van der Waals surface area contributed by atoms with Crippen LogP contribution >= 0.6 is 11.3 Å². The van der Waals surface area contributed by atoms with Crippen LogP contribution in [-0.4, -0.2) is 41.6 Å². The normalized spacial score (nSPS) is 16.2. The van der Waals surface area contributed by atoms with Gasteiger partial charge in [-0.05, 0) is 79.9 Å². The smallest absolute Gasteiger partial charge is 0.301 e. The van der Waals surface area contributed by atoms with Crippen LogP contribution in [0.4, 0.5) is 9.52 Å². The molecular formula is C33H33FN2O6S. The van der Waals surface area contributed by atoms with E-state index in [2.05, 4.69) is 11.9 Å². The molecule has 1 aliphatic heterocycles. The number of nitrogens with zero attached hydrogens (tertiary/aromatic N) is 2. The number of anilines is 1. The summed E-state index contributed by atoms with van der Waals surface area (Å²) in [6, 6.07) is 15.0. The number of rotatable bonds is 12. The van der Waals surface area contributed by atoms with Gasteiger partial charge in [0, 0.05) is 5.56 Å². The maximum Gasteiger partial charge on any atom is 0.301 e. The van der Waals surface area contributed by atoms with Gasteiger partial charge >= 0.3 is 5.91 Å². The summed E-state index contributed by atoms with van der Waals surface area (Å²) in [7, 11) is 0. The molecule has 3 aromatic carbocycles. The number of amides is 1. The van der Waals surface area contributed by atoms with Crippen LogP contribution in [0.2, 0.25) is 0 Å². The van der Waals surface area contributed by atoms with Crippen LogP contribution in [0.15, 0.2) is 66.2 Å². The second-order valence-corrected chi connectivity index (χ2v) is 11.0. The predicted octanol–water partition coefficient (Wildman–Crippen LogP) is 7.43. The second kappa shape index (κ2) is 13.2. The van der Waals surface area contributed by atoms with E-state index in [9.17, 15) is 19.1 Å². The third-order valence-corrected chi connectivity index (χ3v) is 7.95. The highest BCUT2D eigenvalue weighted by Gasteiger charge is 2.48. The van der Waals surface area contributed by atoms with E-state index in [4.69, 9.17) is 14.2 Å². The van der Waals surface area contributed by atoms with Gasteiger partial charge in [0.15, 0.2) is 16.6 Å². The summed E-state index contributed by atoms with van der Waals surface area (Å²) >= 11 is 1.09. The molecule has 0 aliphatic carbocycles. The van der Waals surface area contributed by atoms with Gasteiger partial charge < -0.3 is 19.3 Å². The van der Waals surface area contributed by atoms with Crippen molar-refractivity contribution in [1.82, 2.24) is 4.98 Å². The van der Waals surface area contributed by atoms with Gasteiger partial charge in [-0.2, -0.15) is 0 Å². The Hall–Kier alpha value is -4.44. The van der Waals surface area contributed by atoms with Crippen molar-refractivity contribution in [3.8, 4) is 17.2 Å². The van der Waals surface area contributed by atoms with Crippen molar-refractivity contribution < 1.29 is 33.3 Å². The first kappa shape index (κ1) is 30.0. The molecule has 1 unspecified atom stereocenters. The molecule has 8 nitrogen and oxygen atoms in total. The second-order valence-electron chi connectivity index (χ2n) is 9.99. The van der Waals surface area contributed by atoms with Crippen LogP contribution in [0.25, 0.3) is 16.0 Å². The molecule has 0 spiro atoms. The number of unbranched alkanes of at least 4 members (excludes halogenated alkanes) is 1. The Kier molecular flexibility index (Phi) is 9.25. The van der Waals surface area contributed by atoms with E-state index in [0.717, 1.165) is 30.6 Å². The lowest BCUT2D eigenvalue weighted by Crippen LogP contribution is -2.29. The van der Waals surface area contributed by atoms with Gasteiger partial charge in [-0.3, -0.25) is 14.5 Å². The first-order valence-electron chi connectivity index (χ1n) is 14.4. The zero-order chi connectivity index (χ0) is 30.5. The summed E-state index contributed by atoms with van der Waals surface area (Å²) in [5, 5.41) is 11.7. The van der Waals surface area contributed by atoms with Crippen molar-refractivity contribution in [2.75, 3.05) is 24.7 Å². The number of aliphatic hydroxyl groups excluding tert-OH is 1. The molecule has 1 atom stereocenters. The SMILES string of the molecule is CCCCOc1ccc(C2C(=C(O)c3ccc(OCCC)cc3)C(=O)C(=O)N2c2nc3ccc(F)cc3s2)cc1OCC. The zero-order valence-corrected chi connectivity index (χ0v) is 25.1. The molecule has 0 saturated carbocycles. The van der Waals surface area contributed by atoms with Gasteiger partial charge in [0.25, 0.3) is 5.78 Å². The third-order valence-electron chi connectivity index (χ3n) is 6.93. The first-order chi connectivity index (χ1) is 20.9. The van der Waals surface area contributed by atoms with Crippen LogP contribution in [0.3, 0.4) is 0 Å². The number of aromatic nitrogens is 1. The molecule has 1 N–H and O–H groups in total. The molecule has 0 bridgehead atoms. The lowest BCUT2D eigenvalue weighted by molar-refractivity contribution is -0.132. The highest BCUT2D eigenvalue weighted by atomic mass is 32.1. The van der Waals surface area contributed by atoms with E-state index in [1.165, 1.54) is 23.1 Å². The number of aliphatic hydroxyl groups is 1. The molecule has 1 fully saturated rings. The number of carbonyl (C=O) groups is 2. The van der Waals surface area contributed by atoms with E-state index in [-0.39, 0.29) is 16.5 Å². The van der Waals surface area contributed by atoms with E-state index in [0.29, 0.717) is 58.4 Å². The number of hydrogen-bond acceptors (Lipinski definition) is 8. The molecule has 1 saturated heterocycles. The summed E-state index contributed by atoms with van der Waals surface area (Å²) in [5.74, 6) is -0.874. The number of Topliss-reactive ketones (excluding diaryl/α,β-unsaturated/α-hetero) is 1. The fourth-order valence-electron chi connectivity index (χ4n) is 4.83. The molecule has 10 heteroatoms. The van der Waals surface area contributed by atoms with Crippen molar-refractivity contribution in [3.05, 3.63) is 83.2 Å². The Labute approximate surface area is 253 Å². The summed E-state index contributed by atoms with van der Waals surface area (Å²) < 4.78 is 32.0. The quantitative estimate of drug-likeness (QED) is 0.0777. The van der Waals surface area contributed by atoms with Crippen molar-refractivity contribution in [3.63, 3.8) is 0 Å². The molecule has 1 aromatic heterocycles. The van der Waals surface area contributed by atoms with Gasteiger partial charge in [-0.1, -0.05) is 37.7 Å². The lowest BCUT2D eigenvalue weighted by Gasteiger charge is -2.24. The van der Waals surface area contributed by atoms with Gasteiger partial charge in [0.05, 0.1) is 41.7 Å². The average molecular weight is 605 g/mol. The summed E-state index contributed by atoms with van der Waals surface area (Å²) in [6.07, 6.45) is 2.68. The number of halogens is 1. The largest absolute Gasteiger partial charge is 0.507 e. The standard InChI is InChI=1S/C33H33FN2O6S/c1-4-7-17-42-25-15-10-21(18-26(25)40-6-3)29-28(30(37)20-8-12-23(13-9-20)41-16-5-2)31(38)32(39)36(29)33-35-24-14-11-22(34)19-27(24)43-33/h8-15,18-19,29,37H,4-7,16-17H2,1-3H3. The molecule has 5 rings (SSSR count). The number of ether oxygens (including phenoxy) is 3. The molecule has 0 radical (unpaired) electrons.